The number of aliphatic hydroxyl groups is 5. The SMILES string of the molecule is CC/C=C/C=C/C=C/CCCCCCCC(=O)OC(COC(=O)CCCCCCCCCCC/C=C/C/C=C/C/C=C/C/C=C/CC)COP(=O)(O)OC1C(O)C(O)C(O)[C@H](O)C1O. The van der Waals surface area contributed by atoms with Crippen LogP contribution in [-0.2, 0) is 32.7 Å². The molecule has 0 aromatic rings. The first-order valence-electron chi connectivity index (χ1n) is 23.9. The molecule has 14 heteroatoms. The van der Waals surface area contributed by atoms with E-state index in [-0.39, 0.29) is 12.8 Å². The molecule has 1 aliphatic carbocycles. The lowest BCUT2D eigenvalue weighted by atomic mass is 9.85. The first-order valence-corrected chi connectivity index (χ1v) is 25.4. The van der Waals surface area contributed by atoms with Crippen LogP contribution in [0.1, 0.15) is 162 Å². The maximum absolute atomic E-state index is 12.8. The molecule has 0 spiro atoms. The van der Waals surface area contributed by atoms with E-state index in [1.165, 1.54) is 25.7 Å². The summed E-state index contributed by atoms with van der Waals surface area (Å²) in [7, 11) is -5.13. The van der Waals surface area contributed by atoms with Gasteiger partial charge < -0.3 is 39.9 Å². The zero-order valence-corrected chi connectivity index (χ0v) is 39.7. The molecular weight excluding hydrogens is 840 g/mol. The van der Waals surface area contributed by atoms with E-state index in [2.05, 4.69) is 74.6 Å². The summed E-state index contributed by atoms with van der Waals surface area (Å²) in [6.07, 6.45) is 37.8. The first-order chi connectivity index (χ1) is 30.9. The van der Waals surface area contributed by atoms with Gasteiger partial charge in [-0.15, -0.1) is 0 Å². The van der Waals surface area contributed by atoms with Crippen molar-refractivity contribution in [2.75, 3.05) is 13.2 Å². The number of esters is 2. The van der Waals surface area contributed by atoms with Crippen LogP contribution in [0.2, 0.25) is 0 Å². The van der Waals surface area contributed by atoms with Gasteiger partial charge in [-0.1, -0.05) is 163 Å². The molecule has 6 N–H and O–H groups in total. The van der Waals surface area contributed by atoms with Crippen LogP contribution < -0.4 is 0 Å². The van der Waals surface area contributed by atoms with Crippen LogP contribution >= 0.6 is 7.82 Å². The first kappa shape index (κ1) is 59.0. The number of hydrogen-bond donors (Lipinski definition) is 6. The molecule has 0 aliphatic heterocycles. The summed E-state index contributed by atoms with van der Waals surface area (Å²) in [5.41, 5.74) is 0. The highest BCUT2D eigenvalue weighted by Gasteiger charge is 2.51. The fourth-order valence-corrected chi connectivity index (χ4v) is 7.72. The van der Waals surface area contributed by atoms with Gasteiger partial charge in [0.2, 0.25) is 0 Å². The third-order valence-corrected chi connectivity index (χ3v) is 11.5. The van der Waals surface area contributed by atoms with Gasteiger partial charge in [0, 0.05) is 12.8 Å². The molecule has 0 heterocycles. The van der Waals surface area contributed by atoms with E-state index in [9.17, 15) is 44.6 Å². The standard InChI is InChI=1S/C50H83O13P/c1-3-5-7-9-11-13-15-17-18-19-20-21-22-23-24-25-27-28-30-32-34-36-38-43(51)60-40-42(41-61-64(58,59)63-50-48(56)46(54)45(53)47(55)49(50)57)62-44(52)39-37-35-33-31-29-26-16-14-12-10-8-6-4-2/h5-8,10-14,16-18,20-21,42,45-50,53-57H,3-4,9,15,19,22-41H2,1-2H3,(H,58,59)/b7-5+,8-6+,12-10+,13-11+,16-14+,18-17+,21-20+/t42?,45?,46-,47?,48?,49?,50?/m0/s1. The topological polar surface area (TPSA) is 210 Å². The van der Waals surface area contributed by atoms with Crippen molar-refractivity contribution in [2.45, 2.75) is 204 Å². The molecule has 1 aliphatic rings. The quantitative estimate of drug-likeness (QED) is 0.0112. The third kappa shape index (κ3) is 31.0. The molecule has 1 rings (SSSR count). The van der Waals surface area contributed by atoms with E-state index in [1.807, 2.05) is 24.3 Å². The molecule has 0 amide bonds. The molecule has 0 saturated heterocycles. The number of ether oxygens (including phenoxy) is 2. The summed E-state index contributed by atoms with van der Waals surface area (Å²) in [4.78, 5) is 35.7. The number of aliphatic hydroxyl groups excluding tert-OH is 5. The summed E-state index contributed by atoms with van der Waals surface area (Å²) < 4.78 is 33.5. The van der Waals surface area contributed by atoms with Crippen molar-refractivity contribution in [3.8, 4) is 0 Å². The lowest BCUT2D eigenvalue weighted by molar-refractivity contribution is -0.220. The molecule has 0 radical (unpaired) electrons. The maximum atomic E-state index is 12.8. The van der Waals surface area contributed by atoms with Gasteiger partial charge in [0.25, 0.3) is 0 Å². The fourth-order valence-electron chi connectivity index (χ4n) is 6.75. The predicted octanol–water partition coefficient (Wildman–Crippen LogP) is 9.67. The predicted molar refractivity (Wildman–Crippen MR) is 253 cm³/mol. The van der Waals surface area contributed by atoms with Crippen molar-refractivity contribution in [3.05, 3.63) is 85.1 Å². The second-order valence-electron chi connectivity index (χ2n) is 16.3. The summed E-state index contributed by atoms with van der Waals surface area (Å²) in [5, 5.41) is 50.2. The molecular formula is C50H83O13P. The number of hydrogen-bond acceptors (Lipinski definition) is 12. The van der Waals surface area contributed by atoms with E-state index < -0.39 is 75.7 Å². The van der Waals surface area contributed by atoms with Gasteiger partial charge in [-0.25, -0.2) is 4.57 Å². The minimum absolute atomic E-state index is 0.0678. The Balaban J connectivity index is 2.41. The Hall–Kier alpha value is -2.97. The Morgan fingerprint density at radius 2 is 0.922 bits per heavy atom. The largest absolute Gasteiger partial charge is 0.472 e. The van der Waals surface area contributed by atoms with Crippen LogP contribution in [0.5, 0.6) is 0 Å². The van der Waals surface area contributed by atoms with Crippen LogP contribution in [0.25, 0.3) is 0 Å². The maximum Gasteiger partial charge on any atom is 0.472 e. The zero-order chi connectivity index (χ0) is 47.1. The van der Waals surface area contributed by atoms with Crippen LogP contribution in [0.3, 0.4) is 0 Å². The number of phosphoric acid groups is 1. The van der Waals surface area contributed by atoms with E-state index in [0.29, 0.717) is 12.8 Å². The van der Waals surface area contributed by atoms with Gasteiger partial charge in [0.05, 0.1) is 6.61 Å². The van der Waals surface area contributed by atoms with Crippen molar-refractivity contribution < 1.29 is 63.1 Å². The van der Waals surface area contributed by atoms with Crippen molar-refractivity contribution >= 4 is 19.8 Å². The molecule has 0 aromatic carbocycles. The Kier molecular flexibility index (Phi) is 36.2. The minimum Gasteiger partial charge on any atom is -0.462 e. The molecule has 64 heavy (non-hydrogen) atoms. The number of carbonyl (C=O) groups is 2. The summed E-state index contributed by atoms with van der Waals surface area (Å²) in [5.74, 6) is -1.14. The number of allylic oxidation sites excluding steroid dienone is 14. The summed E-state index contributed by atoms with van der Waals surface area (Å²) in [6.45, 7) is 3.02. The Morgan fingerprint density at radius 1 is 0.500 bits per heavy atom. The molecule has 1 fully saturated rings. The van der Waals surface area contributed by atoms with Crippen molar-refractivity contribution in [3.63, 3.8) is 0 Å². The highest BCUT2D eigenvalue weighted by Crippen LogP contribution is 2.47. The Morgan fingerprint density at radius 3 is 1.45 bits per heavy atom. The van der Waals surface area contributed by atoms with E-state index in [0.717, 1.165) is 96.3 Å². The lowest BCUT2D eigenvalue weighted by Gasteiger charge is -2.41. The smallest absolute Gasteiger partial charge is 0.462 e. The fraction of sp³-hybridized carbons (Fsp3) is 0.680. The lowest BCUT2D eigenvalue weighted by Crippen LogP contribution is -2.64. The van der Waals surface area contributed by atoms with Crippen LogP contribution in [0.4, 0.5) is 0 Å². The normalized spacial score (nSPS) is 22.3. The molecule has 0 bridgehead atoms. The number of phosphoric ester groups is 1. The molecule has 13 nitrogen and oxygen atoms in total. The van der Waals surface area contributed by atoms with E-state index in [4.69, 9.17) is 18.5 Å². The minimum atomic E-state index is -5.13. The second kappa shape index (κ2) is 39.2. The zero-order valence-electron chi connectivity index (χ0n) is 38.8. The van der Waals surface area contributed by atoms with Crippen molar-refractivity contribution in [1.82, 2.24) is 0 Å². The average Bonchev–Trinajstić information content (AvgIpc) is 3.28. The van der Waals surface area contributed by atoms with E-state index >= 15 is 0 Å². The van der Waals surface area contributed by atoms with E-state index in [1.54, 1.807) is 0 Å². The highest BCUT2D eigenvalue weighted by atomic mass is 31.2. The van der Waals surface area contributed by atoms with Gasteiger partial charge in [0.15, 0.2) is 6.10 Å². The van der Waals surface area contributed by atoms with Crippen LogP contribution in [-0.4, -0.2) is 98.3 Å². The summed E-state index contributed by atoms with van der Waals surface area (Å²) in [6, 6.07) is 0. The molecule has 1 saturated carbocycles. The highest BCUT2D eigenvalue weighted by molar-refractivity contribution is 7.47. The van der Waals surface area contributed by atoms with Gasteiger partial charge >= 0.3 is 19.8 Å². The molecule has 0 aromatic heterocycles. The summed E-state index contributed by atoms with van der Waals surface area (Å²) >= 11 is 0. The monoisotopic (exact) mass is 923 g/mol. The third-order valence-electron chi connectivity index (χ3n) is 10.5. The number of rotatable bonds is 38. The van der Waals surface area contributed by atoms with Crippen LogP contribution in [0.15, 0.2) is 85.1 Å². The van der Waals surface area contributed by atoms with Crippen molar-refractivity contribution in [2.24, 2.45) is 0 Å². The van der Waals surface area contributed by atoms with Gasteiger partial charge in [-0.05, 0) is 70.6 Å². The molecule has 8 atom stereocenters. The average molecular weight is 923 g/mol. The molecule has 366 valence electrons. The van der Waals surface area contributed by atoms with Crippen molar-refractivity contribution in [1.29, 1.82) is 0 Å². The Labute approximate surface area is 384 Å². The van der Waals surface area contributed by atoms with Crippen LogP contribution in [0, 0.1) is 0 Å². The number of carbonyl (C=O) groups excluding carboxylic acids is 2. The second-order valence-corrected chi connectivity index (χ2v) is 17.7. The Bertz CT molecular complexity index is 1440. The number of unbranched alkanes of at least 4 members (excludes halogenated alkanes) is 14. The molecule has 7 unspecified atom stereocenters. The van der Waals surface area contributed by atoms with Gasteiger partial charge in [-0.2, -0.15) is 0 Å². The van der Waals surface area contributed by atoms with Gasteiger partial charge in [0.1, 0.15) is 43.2 Å². The van der Waals surface area contributed by atoms with Gasteiger partial charge in [-0.3, -0.25) is 18.6 Å².